The lowest BCUT2D eigenvalue weighted by atomic mass is 10.1. The molecule has 2 aromatic rings. The number of carbonyl (C=O) groups excluding carboxylic acids is 1. The van der Waals surface area contributed by atoms with Gasteiger partial charge in [0.05, 0.1) is 28.2 Å². The van der Waals surface area contributed by atoms with Crippen LogP contribution in [0.1, 0.15) is 29.1 Å². The molecule has 2 saturated heterocycles. The van der Waals surface area contributed by atoms with Crippen LogP contribution in [0, 0.1) is 6.92 Å². The van der Waals surface area contributed by atoms with Crippen molar-refractivity contribution in [2.45, 2.75) is 38.5 Å². The molecular weight excluding hydrogens is 434 g/mol. The monoisotopic (exact) mass is 461 g/mol. The molecule has 0 saturated carbocycles. The second kappa shape index (κ2) is 9.50. The number of ether oxygens (including phenoxy) is 1. The first-order valence-corrected chi connectivity index (χ1v) is 13.2. The van der Waals surface area contributed by atoms with Crippen LogP contribution in [0.2, 0.25) is 0 Å². The molecule has 2 atom stereocenters. The smallest absolute Gasteiger partial charge is 0.244 e. The van der Waals surface area contributed by atoms with Crippen LogP contribution < -0.4 is 10.1 Å². The first kappa shape index (κ1) is 22.0. The molecule has 2 aliphatic rings. The normalized spacial score (nSPS) is 23.4. The summed E-state index contributed by atoms with van der Waals surface area (Å²) in [6.07, 6.45) is 5.30. The quantitative estimate of drug-likeness (QED) is 0.637. The molecule has 0 spiro atoms. The molecule has 1 amide bonds. The number of amides is 1. The third kappa shape index (κ3) is 5.72. The minimum atomic E-state index is -3.14. The summed E-state index contributed by atoms with van der Waals surface area (Å²) in [7, 11) is -3.14. The molecular formula is C22H27N3O4S2. The van der Waals surface area contributed by atoms with E-state index in [1.54, 1.807) is 17.4 Å². The fourth-order valence-electron chi connectivity index (χ4n) is 4.17. The van der Waals surface area contributed by atoms with E-state index in [0.717, 1.165) is 42.2 Å². The van der Waals surface area contributed by atoms with Crippen LogP contribution in [-0.4, -0.2) is 60.9 Å². The van der Waals surface area contributed by atoms with Gasteiger partial charge >= 0.3 is 0 Å². The minimum absolute atomic E-state index is 0.000499. The summed E-state index contributed by atoms with van der Waals surface area (Å²) in [6, 6.07) is 6.97. The maximum absolute atomic E-state index is 12.6. The van der Waals surface area contributed by atoms with E-state index < -0.39 is 9.84 Å². The Kier molecular flexibility index (Phi) is 6.74. The molecule has 31 heavy (non-hydrogen) atoms. The second-order valence-corrected chi connectivity index (χ2v) is 11.2. The molecule has 2 fully saturated rings. The average molecular weight is 462 g/mol. The molecule has 1 aromatic carbocycles. The zero-order valence-electron chi connectivity index (χ0n) is 17.5. The van der Waals surface area contributed by atoms with Crippen LogP contribution in [0.25, 0.3) is 6.08 Å². The summed E-state index contributed by atoms with van der Waals surface area (Å²) in [5.74, 6) is 0.487. The molecule has 7 nitrogen and oxygen atoms in total. The Morgan fingerprint density at radius 1 is 1.29 bits per heavy atom. The van der Waals surface area contributed by atoms with Crippen molar-refractivity contribution in [1.82, 2.24) is 15.2 Å². The van der Waals surface area contributed by atoms with E-state index in [0.29, 0.717) is 12.4 Å². The lowest BCUT2D eigenvalue weighted by Crippen LogP contribution is -2.49. The highest BCUT2D eigenvalue weighted by Gasteiger charge is 2.42. The maximum atomic E-state index is 12.6. The molecule has 1 N–H and O–H groups in total. The van der Waals surface area contributed by atoms with Crippen LogP contribution in [0.4, 0.5) is 0 Å². The van der Waals surface area contributed by atoms with Gasteiger partial charge in [-0.15, -0.1) is 11.3 Å². The number of likely N-dealkylation sites (tertiary alicyclic amines) is 1. The average Bonchev–Trinajstić information content (AvgIpc) is 3.46. The Morgan fingerprint density at radius 2 is 2.06 bits per heavy atom. The highest BCUT2D eigenvalue weighted by atomic mass is 32.2. The van der Waals surface area contributed by atoms with Gasteiger partial charge in [0.1, 0.15) is 12.4 Å². The van der Waals surface area contributed by atoms with Crippen molar-refractivity contribution in [2.24, 2.45) is 0 Å². The zero-order valence-corrected chi connectivity index (χ0v) is 19.1. The SMILES string of the molecule is Cc1nc(COc2ccccc2/C=C/C(=O)NC2CS(=O)(=O)CC2N2CCCC2)cs1. The number of aromatic nitrogens is 1. The lowest BCUT2D eigenvalue weighted by Gasteiger charge is -2.28. The Hall–Kier alpha value is -2.23. The van der Waals surface area contributed by atoms with Crippen LogP contribution in [0.15, 0.2) is 35.7 Å². The van der Waals surface area contributed by atoms with Crippen LogP contribution in [0.3, 0.4) is 0 Å². The van der Waals surface area contributed by atoms with Gasteiger partial charge in [-0.05, 0) is 45.0 Å². The summed E-state index contributed by atoms with van der Waals surface area (Å²) in [5, 5.41) is 5.87. The van der Waals surface area contributed by atoms with Crippen LogP contribution >= 0.6 is 11.3 Å². The van der Waals surface area contributed by atoms with Crippen molar-refractivity contribution in [3.05, 3.63) is 52.0 Å². The van der Waals surface area contributed by atoms with E-state index in [4.69, 9.17) is 4.74 Å². The molecule has 1 aromatic heterocycles. The molecule has 3 heterocycles. The van der Waals surface area contributed by atoms with E-state index in [1.807, 2.05) is 36.6 Å². The summed E-state index contributed by atoms with van der Waals surface area (Å²) in [5.41, 5.74) is 1.65. The largest absolute Gasteiger partial charge is 0.487 e. The Labute approximate surface area is 187 Å². The van der Waals surface area contributed by atoms with Gasteiger partial charge in [-0.2, -0.15) is 0 Å². The van der Waals surface area contributed by atoms with E-state index in [2.05, 4.69) is 15.2 Å². The maximum Gasteiger partial charge on any atom is 0.244 e. The summed E-state index contributed by atoms with van der Waals surface area (Å²) >= 11 is 1.58. The number of rotatable bonds is 7. The summed E-state index contributed by atoms with van der Waals surface area (Å²) < 4.78 is 30.3. The van der Waals surface area contributed by atoms with Crippen molar-refractivity contribution in [2.75, 3.05) is 24.6 Å². The number of aryl methyl sites for hydroxylation is 1. The van der Waals surface area contributed by atoms with Crippen LogP contribution in [-0.2, 0) is 21.2 Å². The molecule has 4 rings (SSSR count). The van der Waals surface area contributed by atoms with Gasteiger partial charge in [-0.3, -0.25) is 9.69 Å². The zero-order chi connectivity index (χ0) is 21.8. The van der Waals surface area contributed by atoms with Crippen molar-refractivity contribution in [3.63, 3.8) is 0 Å². The standard InChI is InChI=1S/C22H27N3O4S2/c1-16-23-18(13-30-16)12-29-21-7-3-2-6-17(21)8-9-22(26)24-19-14-31(27,28)15-20(19)25-10-4-5-11-25/h2-3,6-9,13,19-20H,4-5,10-12,14-15H2,1H3,(H,24,26)/b9-8+. The number of thiazole rings is 1. The molecule has 2 unspecified atom stereocenters. The van der Waals surface area contributed by atoms with Crippen LogP contribution in [0.5, 0.6) is 5.75 Å². The van der Waals surface area contributed by atoms with Gasteiger partial charge in [0.15, 0.2) is 9.84 Å². The van der Waals surface area contributed by atoms with Crippen molar-refractivity contribution < 1.29 is 17.9 Å². The Morgan fingerprint density at radius 3 is 2.81 bits per heavy atom. The van der Waals surface area contributed by atoms with E-state index in [9.17, 15) is 13.2 Å². The molecule has 9 heteroatoms. The third-order valence-electron chi connectivity index (χ3n) is 5.64. The van der Waals surface area contributed by atoms with Gasteiger partial charge < -0.3 is 10.1 Å². The highest BCUT2D eigenvalue weighted by Crippen LogP contribution is 2.24. The number of sulfone groups is 1. The number of benzene rings is 1. The lowest BCUT2D eigenvalue weighted by molar-refractivity contribution is -0.117. The minimum Gasteiger partial charge on any atom is -0.487 e. The molecule has 0 aliphatic carbocycles. The topological polar surface area (TPSA) is 88.6 Å². The summed E-state index contributed by atoms with van der Waals surface area (Å²) in [6.45, 7) is 4.10. The van der Waals surface area contributed by atoms with E-state index in [1.165, 1.54) is 6.08 Å². The van der Waals surface area contributed by atoms with Crippen molar-refractivity contribution in [1.29, 1.82) is 0 Å². The molecule has 2 aliphatic heterocycles. The predicted molar refractivity (Wildman–Crippen MR) is 122 cm³/mol. The first-order valence-electron chi connectivity index (χ1n) is 10.5. The molecule has 0 bridgehead atoms. The van der Waals surface area contributed by atoms with Gasteiger partial charge in [0.2, 0.25) is 5.91 Å². The van der Waals surface area contributed by atoms with Crippen molar-refractivity contribution in [3.8, 4) is 5.75 Å². The number of hydrogen-bond donors (Lipinski definition) is 1. The van der Waals surface area contributed by atoms with Gasteiger partial charge in [-0.25, -0.2) is 13.4 Å². The predicted octanol–water partition coefficient (Wildman–Crippen LogP) is 2.42. The number of hydrogen-bond acceptors (Lipinski definition) is 7. The first-order chi connectivity index (χ1) is 14.9. The van der Waals surface area contributed by atoms with Crippen molar-refractivity contribution >= 4 is 33.2 Å². The summed E-state index contributed by atoms with van der Waals surface area (Å²) in [4.78, 5) is 19.2. The van der Waals surface area contributed by atoms with E-state index >= 15 is 0 Å². The van der Waals surface area contributed by atoms with Gasteiger partial charge in [0.25, 0.3) is 0 Å². The molecule has 166 valence electrons. The third-order valence-corrected chi connectivity index (χ3v) is 8.17. The van der Waals surface area contributed by atoms with Gasteiger partial charge in [0, 0.05) is 23.1 Å². The number of nitrogens with zero attached hydrogens (tertiary/aromatic N) is 2. The Bertz CT molecular complexity index is 1060. The number of para-hydroxylation sites is 1. The fraction of sp³-hybridized carbons (Fsp3) is 0.455. The highest BCUT2D eigenvalue weighted by molar-refractivity contribution is 7.91. The van der Waals surface area contributed by atoms with E-state index in [-0.39, 0.29) is 29.5 Å². The fourth-order valence-corrected chi connectivity index (χ4v) is 6.72. The second-order valence-electron chi connectivity index (χ2n) is 8.02. The Balaban J connectivity index is 1.39. The number of nitrogens with one attached hydrogen (secondary N) is 1. The number of carbonyl (C=O) groups is 1. The molecule has 0 radical (unpaired) electrons. The van der Waals surface area contributed by atoms with Gasteiger partial charge in [-0.1, -0.05) is 18.2 Å².